The van der Waals surface area contributed by atoms with Crippen molar-refractivity contribution in [3.05, 3.63) is 46.4 Å². The maximum atomic E-state index is 9.24. The van der Waals surface area contributed by atoms with Gasteiger partial charge < -0.3 is 10.4 Å². The Bertz CT molecular complexity index is 572. The van der Waals surface area contributed by atoms with Crippen LogP contribution in [0.5, 0.6) is 0 Å². The van der Waals surface area contributed by atoms with Gasteiger partial charge in [-0.3, -0.25) is 0 Å². The van der Waals surface area contributed by atoms with E-state index in [9.17, 15) is 5.11 Å². The van der Waals surface area contributed by atoms with Gasteiger partial charge in [0.15, 0.2) is 0 Å². The van der Waals surface area contributed by atoms with Crippen LogP contribution in [0, 0.1) is 13.8 Å². The molecule has 1 heterocycles. The van der Waals surface area contributed by atoms with Gasteiger partial charge in [-0.05, 0) is 31.5 Å². The number of halogens is 1. The van der Waals surface area contributed by atoms with E-state index in [1.807, 2.05) is 25.1 Å². The highest BCUT2D eigenvalue weighted by Crippen LogP contribution is 2.23. The summed E-state index contributed by atoms with van der Waals surface area (Å²) in [6.07, 6.45) is 1.61. The highest BCUT2D eigenvalue weighted by atomic mass is 35.5. The van der Waals surface area contributed by atoms with Crippen LogP contribution in [0.4, 0.5) is 11.5 Å². The van der Waals surface area contributed by atoms with Crippen molar-refractivity contribution in [2.75, 3.05) is 5.32 Å². The minimum Gasteiger partial charge on any atom is -0.391 e. The van der Waals surface area contributed by atoms with E-state index in [-0.39, 0.29) is 6.61 Å². The Morgan fingerprint density at radius 1 is 1.33 bits per heavy atom. The Morgan fingerprint density at radius 3 is 2.78 bits per heavy atom. The third kappa shape index (κ3) is 2.78. The predicted octanol–water partition coefficient (Wildman–Crippen LogP) is 2.98. The third-order valence-corrected chi connectivity index (χ3v) is 3.00. The summed E-state index contributed by atoms with van der Waals surface area (Å²) >= 11 is 6.06. The van der Waals surface area contributed by atoms with Gasteiger partial charge in [0.2, 0.25) is 0 Å². The summed E-state index contributed by atoms with van der Waals surface area (Å²) in [7, 11) is 0. The van der Waals surface area contributed by atoms with Crippen molar-refractivity contribution in [1.82, 2.24) is 9.97 Å². The van der Waals surface area contributed by atoms with Crippen LogP contribution in [0.1, 0.15) is 17.0 Å². The number of aryl methyl sites for hydroxylation is 2. The molecule has 1 aromatic heterocycles. The lowest BCUT2D eigenvalue weighted by atomic mass is 10.2. The summed E-state index contributed by atoms with van der Waals surface area (Å²) in [5.74, 6) is 1.25. The van der Waals surface area contributed by atoms with Gasteiger partial charge in [0.25, 0.3) is 0 Å². The molecule has 0 unspecified atom stereocenters. The average Bonchev–Trinajstić information content (AvgIpc) is 2.34. The lowest BCUT2D eigenvalue weighted by Gasteiger charge is -2.10. The van der Waals surface area contributed by atoms with Crippen LogP contribution < -0.4 is 5.32 Å². The molecule has 0 atom stereocenters. The fraction of sp³-hybridized carbons (Fsp3) is 0.231. The number of aromatic nitrogens is 2. The SMILES string of the molecule is Cc1ncc(CO)c(Nc2ccc(C)c(Cl)c2)n1. The monoisotopic (exact) mass is 263 g/mol. The smallest absolute Gasteiger partial charge is 0.139 e. The predicted molar refractivity (Wildman–Crippen MR) is 72.2 cm³/mol. The summed E-state index contributed by atoms with van der Waals surface area (Å²) in [6, 6.07) is 5.67. The number of nitrogens with one attached hydrogen (secondary N) is 1. The highest BCUT2D eigenvalue weighted by Gasteiger charge is 2.06. The van der Waals surface area contributed by atoms with Gasteiger partial charge >= 0.3 is 0 Å². The number of hydrogen-bond donors (Lipinski definition) is 2. The van der Waals surface area contributed by atoms with Crippen molar-refractivity contribution in [2.45, 2.75) is 20.5 Å². The normalized spacial score (nSPS) is 10.4. The molecular weight excluding hydrogens is 250 g/mol. The summed E-state index contributed by atoms with van der Waals surface area (Å²) in [5, 5.41) is 13.1. The van der Waals surface area contributed by atoms with E-state index < -0.39 is 0 Å². The summed E-state index contributed by atoms with van der Waals surface area (Å²) in [4.78, 5) is 8.31. The second-order valence-corrected chi connectivity index (χ2v) is 4.45. The van der Waals surface area contributed by atoms with Crippen LogP contribution in [0.25, 0.3) is 0 Å². The van der Waals surface area contributed by atoms with E-state index in [0.29, 0.717) is 22.2 Å². The summed E-state index contributed by atoms with van der Waals surface area (Å²) < 4.78 is 0. The first kappa shape index (κ1) is 12.8. The van der Waals surface area contributed by atoms with Crippen LogP contribution in [-0.4, -0.2) is 15.1 Å². The van der Waals surface area contributed by atoms with E-state index in [1.54, 1.807) is 13.1 Å². The molecule has 94 valence electrons. The van der Waals surface area contributed by atoms with Crippen LogP contribution >= 0.6 is 11.6 Å². The molecule has 2 N–H and O–H groups in total. The molecule has 0 fully saturated rings. The third-order valence-electron chi connectivity index (χ3n) is 2.59. The number of nitrogens with zero attached hydrogens (tertiary/aromatic N) is 2. The fourth-order valence-corrected chi connectivity index (χ4v) is 1.71. The second-order valence-electron chi connectivity index (χ2n) is 4.04. The molecule has 5 heteroatoms. The molecule has 0 amide bonds. The molecule has 18 heavy (non-hydrogen) atoms. The standard InChI is InChI=1S/C13H14ClN3O/c1-8-3-4-11(5-12(8)14)17-13-10(7-18)6-15-9(2)16-13/h3-6,18H,7H2,1-2H3,(H,15,16,17). The zero-order chi connectivity index (χ0) is 13.1. The van der Waals surface area contributed by atoms with E-state index in [1.165, 1.54) is 0 Å². The molecule has 0 saturated heterocycles. The first-order valence-electron chi connectivity index (χ1n) is 5.56. The summed E-state index contributed by atoms with van der Waals surface area (Å²) in [5.41, 5.74) is 2.50. The number of rotatable bonds is 3. The minimum atomic E-state index is -0.109. The van der Waals surface area contributed by atoms with Gasteiger partial charge in [0, 0.05) is 22.5 Å². The first-order valence-corrected chi connectivity index (χ1v) is 5.94. The van der Waals surface area contributed by atoms with Crippen molar-refractivity contribution < 1.29 is 5.11 Å². The van der Waals surface area contributed by atoms with Crippen LogP contribution in [-0.2, 0) is 6.61 Å². The van der Waals surface area contributed by atoms with Crippen molar-refractivity contribution in [3.8, 4) is 0 Å². The molecule has 0 aliphatic heterocycles. The van der Waals surface area contributed by atoms with Crippen molar-refractivity contribution >= 4 is 23.1 Å². The Labute approximate surface area is 111 Å². The summed E-state index contributed by atoms with van der Waals surface area (Å²) in [6.45, 7) is 3.64. The molecule has 0 aliphatic rings. The minimum absolute atomic E-state index is 0.109. The van der Waals surface area contributed by atoms with Gasteiger partial charge in [-0.15, -0.1) is 0 Å². The Hall–Kier alpha value is -1.65. The van der Waals surface area contributed by atoms with Gasteiger partial charge in [-0.1, -0.05) is 17.7 Å². The van der Waals surface area contributed by atoms with Crippen molar-refractivity contribution in [1.29, 1.82) is 0 Å². The van der Waals surface area contributed by atoms with Gasteiger partial charge in [0.1, 0.15) is 11.6 Å². The number of anilines is 2. The molecular formula is C13H14ClN3O. The molecule has 0 aliphatic carbocycles. The lowest BCUT2D eigenvalue weighted by Crippen LogP contribution is -2.02. The molecule has 0 saturated carbocycles. The molecule has 2 rings (SSSR count). The lowest BCUT2D eigenvalue weighted by molar-refractivity contribution is 0.281. The Kier molecular flexibility index (Phi) is 3.79. The zero-order valence-electron chi connectivity index (χ0n) is 10.2. The fourth-order valence-electron chi connectivity index (χ4n) is 1.53. The average molecular weight is 264 g/mol. The van der Waals surface area contributed by atoms with Crippen LogP contribution in [0.15, 0.2) is 24.4 Å². The van der Waals surface area contributed by atoms with E-state index in [0.717, 1.165) is 11.3 Å². The molecule has 1 aromatic carbocycles. The molecule has 0 radical (unpaired) electrons. The van der Waals surface area contributed by atoms with Gasteiger partial charge in [-0.25, -0.2) is 9.97 Å². The Morgan fingerprint density at radius 2 is 2.11 bits per heavy atom. The Balaban J connectivity index is 2.33. The number of hydrogen-bond acceptors (Lipinski definition) is 4. The number of benzene rings is 1. The topological polar surface area (TPSA) is 58.0 Å². The van der Waals surface area contributed by atoms with E-state index in [2.05, 4.69) is 15.3 Å². The van der Waals surface area contributed by atoms with Gasteiger partial charge in [-0.2, -0.15) is 0 Å². The van der Waals surface area contributed by atoms with E-state index in [4.69, 9.17) is 11.6 Å². The molecule has 4 nitrogen and oxygen atoms in total. The van der Waals surface area contributed by atoms with Crippen molar-refractivity contribution in [3.63, 3.8) is 0 Å². The van der Waals surface area contributed by atoms with E-state index >= 15 is 0 Å². The number of aliphatic hydroxyl groups excluding tert-OH is 1. The molecule has 0 spiro atoms. The quantitative estimate of drug-likeness (QED) is 0.894. The van der Waals surface area contributed by atoms with Crippen molar-refractivity contribution in [2.24, 2.45) is 0 Å². The molecule has 0 bridgehead atoms. The van der Waals surface area contributed by atoms with Crippen LogP contribution in [0.3, 0.4) is 0 Å². The number of aliphatic hydroxyl groups is 1. The molecule has 2 aromatic rings. The largest absolute Gasteiger partial charge is 0.391 e. The zero-order valence-corrected chi connectivity index (χ0v) is 11.0. The van der Waals surface area contributed by atoms with Crippen LogP contribution in [0.2, 0.25) is 5.02 Å². The second kappa shape index (κ2) is 5.33. The first-order chi connectivity index (χ1) is 8.60. The maximum absolute atomic E-state index is 9.24. The van der Waals surface area contributed by atoms with Gasteiger partial charge in [0.05, 0.1) is 6.61 Å². The highest BCUT2D eigenvalue weighted by molar-refractivity contribution is 6.31. The maximum Gasteiger partial charge on any atom is 0.139 e.